The minimum Gasteiger partial charge on any atom is -0.462 e. The third-order valence-corrected chi connectivity index (χ3v) is 5.52. The molecule has 110 valence electrons. The summed E-state index contributed by atoms with van der Waals surface area (Å²) in [4.78, 5) is 12.6. The van der Waals surface area contributed by atoms with Crippen molar-refractivity contribution in [2.24, 2.45) is 23.2 Å². The summed E-state index contributed by atoms with van der Waals surface area (Å²) in [7, 11) is 0. The van der Waals surface area contributed by atoms with Gasteiger partial charge in [-0.25, -0.2) is 0 Å². The molecular formula is C16H29NO2. The topological polar surface area (TPSA) is 38.3 Å². The monoisotopic (exact) mass is 267 g/mol. The summed E-state index contributed by atoms with van der Waals surface area (Å²) in [5, 5.41) is 3.33. The molecule has 4 atom stereocenters. The van der Waals surface area contributed by atoms with E-state index in [1.54, 1.807) is 0 Å². The lowest BCUT2D eigenvalue weighted by molar-refractivity contribution is -0.166. The average Bonchev–Trinajstić information content (AvgIpc) is 2.84. The van der Waals surface area contributed by atoms with Crippen LogP contribution in [0.15, 0.2) is 0 Å². The normalized spacial score (nSPS) is 39.5. The quantitative estimate of drug-likeness (QED) is 0.799. The van der Waals surface area contributed by atoms with Crippen LogP contribution in [0.3, 0.4) is 0 Å². The van der Waals surface area contributed by atoms with Crippen LogP contribution in [0.4, 0.5) is 0 Å². The average molecular weight is 267 g/mol. The van der Waals surface area contributed by atoms with Crippen molar-refractivity contribution in [2.75, 3.05) is 13.1 Å². The molecule has 0 aromatic heterocycles. The Hall–Kier alpha value is -0.570. The highest BCUT2D eigenvalue weighted by atomic mass is 16.5. The van der Waals surface area contributed by atoms with Gasteiger partial charge >= 0.3 is 5.97 Å². The Labute approximate surface area is 117 Å². The summed E-state index contributed by atoms with van der Waals surface area (Å²) in [6.07, 6.45) is 4.33. The Morgan fingerprint density at radius 1 is 1.26 bits per heavy atom. The van der Waals surface area contributed by atoms with Crippen LogP contribution >= 0.6 is 0 Å². The van der Waals surface area contributed by atoms with E-state index in [1.807, 2.05) is 0 Å². The molecule has 2 rings (SSSR count). The second-order valence-corrected chi connectivity index (χ2v) is 7.03. The summed E-state index contributed by atoms with van der Waals surface area (Å²) in [6.45, 7) is 10.6. The zero-order valence-electron chi connectivity index (χ0n) is 12.9. The maximum atomic E-state index is 12.6. The number of hydrogen-bond donors (Lipinski definition) is 1. The van der Waals surface area contributed by atoms with Gasteiger partial charge in [-0.05, 0) is 50.0 Å². The van der Waals surface area contributed by atoms with Crippen LogP contribution in [0.25, 0.3) is 0 Å². The van der Waals surface area contributed by atoms with Crippen LogP contribution in [0.5, 0.6) is 0 Å². The zero-order chi connectivity index (χ0) is 14.0. The van der Waals surface area contributed by atoms with Crippen molar-refractivity contribution in [3.63, 3.8) is 0 Å². The molecular weight excluding hydrogens is 238 g/mol. The summed E-state index contributed by atoms with van der Waals surface area (Å²) in [6, 6.07) is 0. The molecule has 0 amide bonds. The van der Waals surface area contributed by atoms with Crippen LogP contribution in [0, 0.1) is 23.2 Å². The van der Waals surface area contributed by atoms with Crippen molar-refractivity contribution in [1.82, 2.24) is 5.32 Å². The van der Waals surface area contributed by atoms with Gasteiger partial charge in [0.2, 0.25) is 0 Å². The Morgan fingerprint density at radius 3 is 2.53 bits per heavy atom. The van der Waals surface area contributed by atoms with E-state index in [-0.39, 0.29) is 17.5 Å². The fraction of sp³-hybridized carbons (Fsp3) is 0.938. The van der Waals surface area contributed by atoms with Crippen LogP contribution in [-0.2, 0) is 9.53 Å². The Morgan fingerprint density at radius 2 is 2.00 bits per heavy atom. The molecule has 1 saturated heterocycles. The van der Waals surface area contributed by atoms with Gasteiger partial charge in [0.1, 0.15) is 6.10 Å². The second kappa shape index (κ2) is 5.82. The van der Waals surface area contributed by atoms with E-state index in [0.29, 0.717) is 11.8 Å². The molecule has 3 nitrogen and oxygen atoms in total. The number of nitrogens with one attached hydrogen (secondary N) is 1. The first kappa shape index (κ1) is 14.8. The molecule has 0 aromatic carbocycles. The molecule has 1 aliphatic heterocycles. The molecule has 0 spiro atoms. The molecule has 1 saturated carbocycles. The van der Waals surface area contributed by atoms with E-state index in [4.69, 9.17) is 4.74 Å². The smallest absolute Gasteiger partial charge is 0.313 e. The van der Waals surface area contributed by atoms with Crippen molar-refractivity contribution in [3.8, 4) is 0 Å². The maximum Gasteiger partial charge on any atom is 0.313 e. The van der Waals surface area contributed by atoms with Crippen LogP contribution in [-0.4, -0.2) is 25.2 Å². The first-order chi connectivity index (χ1) is 8.95. The second-order valence-electron chi connectivity index (χ2n) is 7.03. The van der Waals surface area contributed by atoms with Crippen molar-refractivity contribution in [2.45, 2.75) is 59.5 Å². The molecule has 2 aliphatic rings. The predicted octanol–water partition coefficient (Wildman–Crippen LogP) is 2.99. The van der Waals surface area contributed by atoms with Gasteiger partial charge < -0.3 is 10.1 Å². The molecule has 4 unspecified atom stereocenters. The number of carbonyl (C=O) groups is 1. The van der Waals surface area contributed by atoms with Gasteiger partial charge in [0.15, 0.2) is 0 Å². The molecule has 0 radical (unpaired) electrons. The Bertz CT molecular complexity index is 321. The number of ether oxygens (including phenoxy) is 1. The lowest BCUT2D eigenvalue weighted by Crippen LogP contribution is -2.42. The first-order valence-electron chi connectivity index (χ1n) is 7.87. The highest BCUT2D eigenvalue weighted by Crippen LogP contribution is 2.38. The summed E-state index contributed by atoms with van der Waals surface area (Å²) < 4.78 is 5.88. The van der Waals surface area contributed by atoms with Gasteiger partial charge in [-0.2, -0.15) is 0 Å². The van der Waals surface area contributed by atoms with Gasteiger partial charge in [-0.3, -0.25) is 4.79 Å². The lowest BCUT2D eigenvalue weighted by atomic mass is 9.76. The maximum absolute atomic E-state index is 12.6. The molecule has 1 N–H and O–H groups in total. The van der Waals surface area contributed by atoms with Crippen LogP contribution in [0.1, 0.15) is 53.4 Å². The Balaban J connectivity index is 1.96. The van der Waals surface area contributed by atoms with Gasteiger partial charge in [-0.1, -0.05) is 27.7 Å². The highest BCUT2D eigenvalue weighted by Gasteiger charge is 2.46. The van der Waals surface area contributed by atoms with Gasteiger partial charge in [0.05, 0.1) is 5.41 Å². The largest absolute Gasteiger partial charge is 0.462 e. The number of hydrogen-bond acceptors (Lipinski definition) is 3. The van der Waals surface area contributed by atoms with Gasteiger partial charge in [-0.15, -0.1) is 0 Å². The van der Waals surface area contributed by atoms with Crippen LogP contribution in [0.2, 0.25) is 0 Å². The van der Waals surface area contributed by atoms with Crippen LogP contribution < -0.4 is 5.32 Å². The third-order valence-electron chi connectivity index (χ3n) is 5.52. The van der Waals surface area contributed by atoms with E-state index >= 15 is 0 Å². The fourth-order valence-electron chi connectivity index (χ4n) is 3.49. The zero-order valence-corrected chi connectivity index (χ0v) is 12.9. The van der Waals surface area contributed by atoms with Crippen molar-refractivity contribution in [1.29, 1.82) is 0 Å². The van der Waals surface area contributed by atoms with Gasteiger partial charge in [0, 0.05) is 6.54 Å². The molecule has 0 aromatic rings. The van der Waals surface area contributed by atoms with Crippen molar-refractivity contribution >= 4 is 5.97 Å². The van der Waals surface area contributed by atoms with Crippen molar-refractivity contribution < 1.29 is 9.53 Å². The molecule has 1 aliphatic carbocycles. The predicted molar refractivity (Wildman–Crippen MR) is 76.8 cm³/mol. The summed E-state index contributed by atoms with van der Waals surface area (Å²) in [5.74, 6) is 1.82. The molecule has 19 heavy (non-hydrogen) atoms. The molecule has 3 heteroatoms. The minimum atomic E-state index is -0.285. The van der Waals surface area contributed by atoms with E-state index in [0.717, 1.165) is 38.3 Å². The Kier molecular flexibility index (Phi) is 4.54. The first-order valence-corrected chi connectivity index (χ1v) is 7.87. The highest BCUT2D eigenvalue weighted by molar-refractivity contribution is 5.78. The minimum absolute atomic E-state index is 0.0410. The van der Waals surface area contributed by atoms with E-state index < -0.39 is 0 Å². The van der Waals surface area contributed by atoms with E-state index in [9.17, 15) is 4.79 Å². The molecule has 2 fully saturated rings. The number of rotatable bonds is 3. The number of carbonyl (C=O) groups excluding carboxylic acids is 1. The molecule has 1 heterocycles. The van der Waals surface area contributed by atoms with Gasteiger partial charge in [0.25, 0.3) is 0 Å². The van der Waals surface area contributed by atoms with Crippen molar-refractivity contribution in [3.05, 3.63) is 0 Å². The lowest BCUT2D eigenvalue weighted by Gasteiger charge is -2.36. The SMILES string of the molecule is CC1CCC(OC(=O)C2(C(C)C)CCNC2)CC1C. The fourth-order valence-corrected chi connectivity index (χ4v) is 3.49. The number of esters is 1. The van der Waals surface area contributed by atoms with E-state index in [2.05, 4.69) is 33.0 Å². The third kappa shape index (κ3) is 2.96. The summed E-state index contributed by atoms with van der Waals surface area (Å²) >= 11 is 0. The van der Waals surface area contributed by atoms with E-state index in [1.165, 1.54) is 6.42 Å². The standard InChI is InChI=1S/C16H29NO2/c1-11(2)16(7-8-17-10-16)15(18)19-14-6-5-12(3)13(4)9-14/h11-14,17H,5-10H2,1-4H3. The molecule has 0 bridgehead atoms. The summed E-state index contributed by atoms with van der Waals surface area (Å²) in [5.41, 5.74) is -0.285.